The molecule has 1 spiro atoms. The number of phenolic OH excluding ortho intramolecular Hbond substituents is 1. The quantitative estimate of drug-likeness (QED) is 0.419. The SMILES string of the molecule is O=C(Nc1ccccc1C(=O)O)C1=C(O)[C@@H]2Oc3c(O)ccc4c3[C@@]23CCN(CC2CC2)[C@H](C4)[C@]3(O)C1. The maximum atomic E-state index is 13.5. The third-order valence-corrected chi connectivity index (χ3v) is 9.20. The van der Waals surface area contributed by atoms with Crippen LogP contribution >= 0.6 is 0 Å². The van der Waals surface area contributed by atoms with Gasteiger partial charge in [0.2, 0.25) is 0 Å². The Kier molecular flexibility index (Phi) is 4.58. The Labute approximate surface area is 213 Å². The van der Waals surface area contributed by atoms with E-state index in [9.17, 15) is 30.0 Å². The van der Waals surface area contributed by atoms with Crippen LogP contribution in [0.25, 0.3) is 0 Å². The molecular formula is C28H28N2O7. The molecule has 9 heteroatoms. The van der Waals surface area contributed by atoms with E-state index in [1.807, 2.05) is 6.07 Å². The van der Waals surface area contributed by atoms with Crippen molar-refractivity contribution in [1.29, 1.82) is 0 Å². The highest BCUT2D eigenvalue weighted by molar-refractivity contribution is 6.08. The number of nitrogens with zero attached hydrogens (tertiary/aromatic N) is 1. The molecule has 0 unspecified atom stereocenters. The molecule has 2 bridgehead atoms. The predicted molar refractivity (Wildman–Crippen MR) is 132 cm³/mol. The maximum absolute atomic E-state index is 13.5. The number of carboxylic acid groups (broad SMARTS) is 1. The number of ether oxygens (including phenoxy) is 1. The fourth-order valence-corrected chi connectivity index (χ4v) is 7.34. The van der Waals surface area contributed by atoms with Crippen LogP contribution in [0.15, 0.2) is 47.7 Å². The maximum Gasteiger partial charge on any atom is 0.337 e. The summed E-state index contributed by atoms with van der Waals surface area (Å²) in [7, 11) is 0. The van der Waals surface area contributed by atoms with Crippen molar-refractivity contribution >= 4 is 17.6 Å². The van der Waals surface area contributed by atoms with Gasteiger partial charge in [-0.1, -0.05) is 18.2 Å². The number of likely N-dealkylation sites (tertiary alicyclic amines) is 1. The minimum Gasteiger partial charge on any atom is -0.508 e. The number of para-hydroxylation sites is 1. The van der Waals surface area contributed by atoms with E-state index in [-0.39, 0.29) is 46.5 Å². The molecule has 0 aromatic heterocycles. The first-order valence-corrected chi connectivity index (χ1v) is 12.8. The van der Waals surface area contributed by atoms with Crippen LogP contribution in [0, 0.1) is 5.92 Å². The van der Waals surface area contributed by atoms with Crippen molar-refractivity contribution in [3.05, 3.63) is 64.4 Å². The van der Waals surface area contributed by atoms with Gasteiger partial charge in [-0.2, -0.15) is 0 Å². The molecule has 2 aromatic rings. The second-order valence-corrected chi connectivity index (χ2v) is 11.1. The number of aromatic carboxylic acids is 1. The summed E-state index contributed by atoms with van der Waals surface area (Å²) in [6, 6.07) is 9.22. The summed E-state index contributed by atoms with van der Waals surface area (Å²) in [5.74, 6) is -1.35. The highest BCUT2D eigenvalue weighted by Gasteiger charge is 2.73. The number of anilines is 1. The number of hydrogen-bond donors (Lipinski definition) is 5. The smallest absolute Gasteiger partial charge is 0.337 e. The van der Waals surface area contributed by atoms with Crippen LogP contribution in [-0.2, 0) is 16.6 Å². The average Bonchev–Trinajstić information content (AvgIpc) is 3.61. The van der Waals surface area contributed by atoms with E-state index in [2.05, 4.69) is 10.2 Å². The van der Waals surface area contributed by atoms with Gasteiger partial charge >= 0.3 is 5.97 Å². The average molecular weight is 505 g/mol. The third kappa shape index (κ3) is 2.92. The van der Waals surface area contributed by atoms with Gasteiger partial charge in [-0.15, -0.1) is 0 Å². The Hall–Kier alpha value is -3.56. The number of nitrogens with one attached hydrogen (secondary N) is 1. The van der Waals surface area contributed by atoms with Crippen LogP contribution in [0.4, 0.5) is 5.69 Å². The molecule has 2 aliphatic heterocycles. The Morgan fingerprint density at radius 2 is 1.92 bits per heavy atom. The molecule has 5 aliphatic rings. The summed E-state index contributed by atoms with van der Waals surface area (Å²) >= 11 is 0. The molecule has 1 saturated heterocycles. The van der Waals surface area contributed by atoms with Gasteiger partial charge in [-0.3, -0.25) is 9.69 Å². The number of phenols is 1. The van der Waals surface area contributed by atoms with Crippen molar-refractivity contribution in [2.24, 2.45) is 5.92 Å². The molecule has 4 atom stereocenters. The van der Waals surface area contributed by atoms with Crippen LogP contribution in [0.2, 0.25) is 0 Å². The topological polar surface area (TPSA) is 140 Å². The van der Waals surface area contributed by atoms with Gasteiger partial charge < -0.3 is 30.5 Å². The molecule has 5 N–H and O–H groups in total. The Balaban J connectivity index is 1.35. The first kappa shape index (κ1) is 22.6. The number of benzene rings is 2. The lowest BCUT2D eigenvalue weighted by atomic mass is 9.49. The van der Waals surface area contributed by atoms with Gasteiger partial charge in [-0.25, -0.2) is 4.79 Å². The zero-order chi connectivity index (χ0) is 25.7. The Morgan fingerprint density at radius 1 is 1.14 bits per heavy atom. The molecular weight excluding hydrogens is 476 g/mol. The Morgan fingerprint density at radius 3 is 2.68 bits per heavy atom. The second-order valence-electron chi connectivity index (χ2n) is 11.1. The van der Waals surface area contributed by atoms with Gasteiger partial charge in [0, 0.05) is 24.6 Å². The standard InChI is InChI=1S/C28H28N2O7/c31-19-8-7-15-11-20-28(36)12-17(25(33)29-18-4-2-1-3-16(18)26(34)35)22(32)24-27(28,21(15)23(19)37-24)9-10-30(20)13-14-5-6-14/h1-4,7-8,14,20,24,31-32,36H,5-6,9-13H2,(H,29,33)(H,34,35)/t20-,24+,27+,28-/m1/s1. The molecule has 1 saturated carbocycles. The normalized spacial score (nSPS) is 31.5. The number of carboxylic acids is 1. The summed E-state index contributed by atoms with van der Waals surface area (Å²) in [6.07, 6.45) is 2.26. The van der Waals surface area contributed by atoms with Gasteiger partial charge in [0.25, 0.3) is 5.91 Å². The van der Waals surface area contributed by atoms with Crippen LogP contribution < -0.4 is 10.1 Å². The summed E-state index contributed by atoms with van der Waals surface area (Å²) < 4.78 is 6.20. The number of carbonyl (C=O) groups excluding carboxylic acids is 1. The van der Waals surface area contributed by atoms with E-state index >= 15 is 0 Å². The monoisotopic (exact) mass is 504 g/mol. The van der Waals surface area contributed by atoms with Crippen molar-refractivity contribution in [3.8, 4) is 11.5 Å². The Bertz CT molecular complexity index is 1400. The van der Waals surface area contributed by atoms with Crippen molar-refractivity contribution in [3.63, 3.8) is 0 Å². The molecule has 1 amide bonds. The molecule has 7 rings (SSSR count). The molecule has 37 heavy (non-hydrogen) atoms. The number of hydrogen-bond acceptors (Lipinski definition) is 7. The zero-order valence-electron chi connectivity index (χ0n) is 20.1. The number of piperidine rings is 1. The minimum absolute atomic E-state index is 0.0302. The van der Waals surface area contributed by atoms with Gasteiger partial charge in [0.15, 0.2) is 17.6 Å². The van der Waals surface area contributed by atoms with Crippen molar-refractivity contribution in [1.82, 2.24) is 4.90 Å². The number of aliphatic hydroxyl groups is 2. The summed E-state index contributed by atoms with van der Waals surface area (Å²) in [6.45, 7) is 1.59. The lowest BCUT2D eigenvalue weighted by molar-refractivity contribution is -0.172. The highest BCUT2D eigenvalue weighted by atomic mass is 16.5. The molecule has 0 radical (unpaired) electrons. The number of carbonyl (C=O) groups is 2. The molecule has 9 nitrogen and oxygen atoms in total. The van der Waals surface area contributed by atoms with Crippen molar-refractivity contribution in [2.75, 3.05) is 18.4 Å². The summed E-state index contributed by atoms with van der Waals surface area (Å²) in [4.78, 5) is 27.5. The number of aliphatic hydroxyl groups excluding tert-OH is 1. The third-order valence-electron chi connectivity index (χ3n) is 9.20. The largest absolute Gasteiger partial charge is 0.508 e. The second kappa shape index (κ2) is 7.49. The van der Waals surface area contributed by atoms with E-state index in [0.717, 1.165) is 24.2 Å². The first-order chi connectivity index (χ1) is 17.7. The number of aromatic hydroxyl groups is 1. The fourth-order valence-electron chi connectivity index (χ4n) is 7.34. The van der Waals surface area contributed by atoms with E-state index in [1.54, 1.807) is 18.2 Å². The number of rotatable bonds is 5. The fraction of sp³-hybridized carbons (Fsp3) is 0.429. The van der Waals surface area contributed by atoms with E-state index < -0.39 is 29.0 Å². The molecule has 2 fully saturated rings. The van der Waals surface area contributed by atoms with Crippen molar-refractivity contribution in [2.45, 2.75) is 55.3 Å². The van der Waals surface area contributed by atoms with Crippen LogP contribution in [0.3, 0.4) is 0 Å². The molecule has 2 aromatic carbocycles. The first-order valence-electron chi connectivity index (χ1n) is 12.8. The lowest BCUT2D eigenvalue weighted by Gasteiger charge is -2.62. The molecule has 192 valence electrons. The van der Waals surface area contributed by atoms with E-state index in [4.69, 9.17) is 4.74 Å². The summed E-state index contributed by atoms with van der Waals surface area (Å²) in [5, 5.41) is 46.9. The predicted octanol–water partition coefficient (Wildman–Crippen LogP) is 2.72. The molecule has 2 heterocycles. The molecule has 3 aliphatic carbocycles. The van der Waals surface area contributed by atoms with Crippen LogP contribution in [0.1, 0.15) is 47.2 Å². The van der Waals surface area contributed by atoms with Crippen molar-refractivity contribution < 1.29 is 34.8 Å². The van der Waals surface area contributed by atoms with Crippen LogP contribution in [-0.4, -0.2) is 68.0 Å². The van der Waals surface area contributed by atoms with E-state index in [0.29, 0.717) is 18.8 Å². The minimum atomic E-state index is -1.43. The van der Waals surface area contributed by atoms with Gasteiger partial charge in [0.1, 0.15) is 5.76 Å². The zero-order valence-corrected chi connectivity index (χ0v) is 20.1. The van der Waals surface area contributed by atoms with Gasteiger partial charge in [-0.05, 0) is 61.9 Å². The summed E-state index contributed by atoms with van der Waals surface area (Å²) in [5.41, 5.74) is -0.703. The number of amides is 1. The highest BCUT2D eigenvalue weighted by Crippen LogP contribution is 2.66. The van der Waals surface area contributed by atoms with Gasteiger partial charge in [0.05, 0.1) is 27.8 Å². The van der Waals surface area contributed by atoms with Crippen LogP contribution in [0.5, 0.6) is 11.5 Å². The lowest BCUT2D eigenvalue weighted by Crippen LogP contribution is -2.75. The van der Waals surface area contributed by atoms with E-state index in [1.165, 1.54) is 25.0 Å².